The van der Waals surface area contributed by atoms with Gasteiger partial charge in [0.15, 0.2) is 0 Å². The summed E-state index contributed by atoms with van der Waals surface area (Å²) >= 11 is 0. The molecule has 1 aromatic rings. The first kappa shape index (κ1) is 26.7. The molecule has 194 valence electrons. The Labute approximate surface area is 203 Å². The van der Waals surface area contributed by atoms with E-state index in [9.17, 15) is 37.7 Å². The van der Waals surface area contributed by atoms with Crippen molar-refractivity contribution in [1.29, 1.82) is 0 Å². The second-order valence-corrected chi connectivity index (χ2v) is 8.08. The van der Waals surface area contributed by atoms with Gasteiger partial charge in [0.25, 0.3) is 5.69 Å². The number of benzene rings is 1. The zero-order valence-electron chi connectivity index (χ0n) is 19.5. The maximum atomic E-state index is 14.0. The van der Waals surface area contributed by atoms with Crippen LogP contribution in [0.25, 0.3) is 0 Å². The summed E-state index contributed by atoms with van der Waals surface area (Å²) in [5, 5.41) is 13.4. The van der Waals surface area contributed by atoms with Crippen molar-refractivity contribution >= 4 is 23.5 Å². The Bertz CT molecular complexity index is 1140. The van der Waals surface area contributed by atoms with E-state index in [0.29, 0.717) is 19.4 Å². The van der Waals surface area contributed by atoms with E-state index in [1.54, 1.807) is 0 Å². The molecule has 10 nitrogen and oxygen atoms in total. The number of esters is 2. The molecular formula is C23H24F3N3O7. The van der Waals surface area contributed by atoms with Gasteiger partial charge in [-0.15, -0.1) is 0 Å². The van der Waals surface area contributed by atoms with Gasteiger partial charge in [-0.05, 0) is 25.8 Å². The van der Waals surface area contributed by atoms with Crippen LogP contribution >= 0.6 is 0 Å². The van der Waals surface area contributed by atoms with E-state index < -0.39 is 45.9 Å². The monoisotopic (exact) mass is 511 g/mol. The van der Waals surface area contributed by atoms with Crippen LogP contribution in [0.4, 0.5) is 18.9 Å². The molecule has 3 rings (SSSR count). The number of dihydropyridines is 1. The zero-order chi connectivity index (χ0) is 26.6. The molecule has 0 saturated carbocycles. The standard InChI is InChI=1S/C23H24F3N3O7/c1-3-35-22(32)19-18(14-6-4-7-15(12-14)29(33)34)17(13(2)27-20(19)23(24,25)26)21(31)36-11-10-28-9-5-8-16(28)30/h4,6-7,12,18,27H,3,5,8-11H2,1-2H3. The number of nitro groups is 1. The predicted molar refractivity (Wildman–Crippen MR) is 118 cm³/mol. The number of nitrogens with one attached hydrogen (secondary N) is 1. The smallest absolute Gasteiger partial charge is 0.431 e. The lowest BCUT2D eigenvalue weighted by molar-refractivity contribution is -0.384. The van der Waals surface area contributed by atoms with Crippen molar-refractivity contribution in [3.8, 4) is 0 Å². The van der Waals surface area contributed by atoms with E-state index in [1.807, 2.05) is 0 Å². The average Bonchev–Trinajstić information content (AvgIpc) is 3.22. The molecule has 1 saturated heterocycles. The highest BCUT2D eigenvalue weighted by atomic mass is 19.4. The second-order valence-electron chi connectivity index (χ2n) is 8.08. The zero-order valence-corrected chi connectivity index (χ0v) is 19.5. The first-order valence-corrected chi connectivity index (χ1v) is 11.1. The number of halogens is 3. The summed E-state index contributed by atoms with van der Waals surface area (Å²) in [5.41, 5.74) is -3.48. The maximum absolute atomic E-state index is 14.0. The molecule has 1 unspecified atom stereocenters. The van der Waals surface area contributed by atoms with Crippen LogP contribution in [0, 0.1) is 10.1 Å². The number of allylic oxidation sites excluding steroid dienone is 2. The number of alkyl halides is 3. The number of carbonyl (C=O) groups is 3. The molecule has 1 aromatic carbocycles. The number of nitro benzene ring substituents is 1. The normalized spacial score (nSPS) is 18.3. The number of non-ortho nitro benzene ring substituents is 1. The Morgan fingerprint density at radius 2 is 1.92 bits per heavy atom. The van der Waals surface area contributed by atoms with Gasteiger partial charge in [-0.25, -0.2) is 9.59 Å². The molecule has 0 spiro atoms. The van der Waals surface area contributed by atoms with Crippen LogP contribution in [-0.4, -0.2) is 60.1 Å². The summed E-state index contributed by atoms with van der Waals surface area (Å²) in [7, 11) is 0. The van der Waals surface area contributed by atoms with Gasteiger partial charge in [0, 0.05) is 30.8 Å². The van der Waals surface area contributed by atoms with Gasteiger partial charge in [-0.3, -0.25) is 14.9 Å². The molecular weight excluding hydrogens is 487 g/mol. The van der Waals surface area contributed by atoms with E-state index in [2.05, 4.69) is 5.32 Å². The molecule has 1 fully saturated rings. The summed E-state index contributed by atoms with van der Waals surface area (Å²) in [4.78, 5) is 49.8. The molecule has 0 bridgehead atoms. The van der Waals surface area contributed by atoms with Gasteiger partial charge in [0.1, 0.15) is 12.3 Å². The summed E-state index contributed by atoms with van der Waals surface area (Å²) in [6, 6.07) is 4.64. The van der Waals surface area contributed by atoms with E-state index >= 15 is 0 Å². The van der Waals surface area contributed by atoms with E-state index in [0.717, 1.165) is 12.1 Å². The highest BCUT2D eigenvalue weighted by Gasteiger charge is 2.47. The number of carbonyl (C=O) groups excluding carboxylic acids is 3. The Hall–Kier alpha value is -3.90. The second kappa shape index (κ2) is 10.8. The Kier molecular flexibility index (Phi) is 8.00. The third kappa shape index (κ3) is 5.66. The average molecular weight is 511 g/mol. The van der Waals surface area contributed by atoms with Crippen LogP contribution < -0.4 is 5.32 Å². The quantitative estimate of drug-likeness (QED) is 0.320. The third-order valence-electron chi connectivity index (χ3n) is 5.74. The fourth-order valence-corrected chi connectivity index (χ4v) is 4.17. The van der Waals surface area contributed by atoms with Gasteiger partial charge >= 0.3 is 18.1 Å². The summed E-state index contributed by atoms with van der Waals surface area (Å²) < 4.78 is 52.1. The number of rotatable bonds is 8. The van der Waals surface area contributed by atoms with Crippen LogP contribution in [0.3, 0.4) is 0 Å². The van der Waals surface area contributed by atoms with Crippen LogP contribution in [0.5, 0.6) is 0 Å². The molecule has 36 heavy (non-hydrogen) atoms. The molecule has 0 radical (unpaired) electrons. The highest BCUT2D eigenvalue weighted by molar-refractivity contribution is 6.00. The largest absolute Gasteiger partial charge is 0.463 e. The SMILES string of the molecule is CCOC(=O)C1=C(C(F)(F)F)NC(C)=C(C(=O)OCCN2CCCC2=O)C1c1cccc([N+](=O)[O-])c1. The minimum absolute atomic E-state index is 0.0974. The molecule has 2 aliphatic rings. The highest BCUT2D eigenvalue weighted by Crippen LogP contribution is 2.44. The van der Waals surface area contributed by atoms with Crippen molar-refractivity contribution in [1.82, 2.24) is 10.2 Å². The summed E-state index contributed by atoms with van der Waals surface area (Å²) in [6.45, 7) is 2.73. The summed E-state index contributed by atoms with van der Waals surface area (Å²) in [6.07, 6.45) is -3.98. The number of hydrogen-bond acceptors (Lipinski definition) is 8. The Balaban J connectivity index is 2.07. The van der Waals surface area contributed by atoms with Crippen molar-refractivity contribution in [2.24, 2.45) is 0 Å². The number of ether oxygens (including phenoxy) is 2. The van der Waals surface area contributed by atoms with Crippen molar-refractivity contribution in [3.05, 3.63) is 62.5 Å². The lowest BCUT2D eigenvalue weighted by Crippen LogP contribution is -2.39. The molecule has 1 amide bonds. The topological polar surface area (TPSA) is 128 Å². The number of amides is 1. The van der Waals surface area contributed by atoms with E-state index in [4.69, 9.17) is 9.47 Å². The maximum Gasteiger partial charge on any atom is 0.431 e. The predicted octanol–water partition coefficient (Wildman–Crippen LogP) is 3.10. The molecule has 1 N–H and O–H groups in total. The van der Waals surface area contributed by atoms with Crippen LogP contribution in [0.2, 0.25) is 0 Å². The number of likely N-dealkylation sites (tertiary alicyclic amines) is 1. The minimum Gasteiger partial charge on any atom is -0.463 e. The Morgan fingerprint density at radius 3 is 2.50 bits per heavy atom. The molecule has 0 aliphatic carbocycles. The van der Waals surface area contributed by atoms with Crippen LogP contribution in [-0.2, 0) is 23.9 Å². The number of nitrogens with zero attached hydrogens (tertiary/aromatic N) is 2. The summed E-state index contributed by atoms with van der Waals surface area (Å²) in [5.74, 6) is -4.14. The molecule has 1 atom stereocenters. The van der Waals surface area contributed by atoms with Crippen LogP contribution in [0.1, 0.15) is 38.2 Å². The number of hydrogen-bond donors (Lipinski definition) is 1. The van der Waals surface area contributed by atoms with E-state index in [1.165, 1.54) is 30.9 Å². The van der Waals surface area contributed by atoms with Gasteiger partial charge in [0.2, 0.25) is 5.91 Å². The van der Waals surface area contributed by atoms with Crippen molar-refractivity contribution in [2.75, 3.05) is 26.3 Å². The molecule has 2 aliphatic heterocycles. The first-order chi connectivity index (χ1) is 17.0. The third-order valence-corrected chi connectivity index (χ3v) is 5.74. The molecule has 0 aromatic heterocycles. The lowest BCUT2D eigenvalue weighted by atomic mass is 9.80. The van der Waals surface area contributed by atoms with Gasteiger partial charge in [-0.1, -0.05) is 12.1 Å². The van der Waals surface area contributed by atoms with Crippen molar-refractivity contribution < 1.29 is 42.0 Å². The van der Waals surface area contributed by atoms with Crippen molar-refractivity contribution in [2.45, 2.75) is 38.8 Å². The minimum atomic E-state index is -5.03. The Morgan fingerprint density at radius 1 is 1.22 bits per heavy atom. The van der Waals surface area contributed by atoms with E-state index in [-0.39, 0.29) is 42.5 Å². The fourth-order valence-electron chi connectivity index (χ4n) is 4.17. The van der Waals surface area contributed by atoms with Gasteiger partial charge in [0.05, 0.1) is 35.1 Å². The van der Waals surface area contributed by atoms with Crippen molar-refractivity contribution in [3.63, 3.8) is 0 Å². The van der Waals surface area contributed by atoms with Gasteiger partial charge < -0.3 is 19.7 Å². The lowest BCUT2D eigenvalue weighted by Gasteiger charge is -2.32. The van der Waals surface area contributed by atoms with Crippen LogP contribution in [0.15, 0.2) is 46.8 Å². The first-order valence-electron chi connectivity index (χ1n) is 11.1. The molecule has 2 heterocycles. The molecule has 13 heteroatoms. The van der Waals surface area contributed by atoms with Gasteiger partial charge in [-0.2, -0.15) is 13.2 Å². The fraction of sp³-hybridized carbons (Fsp3) is 0.435.